The molecule has 2 N–H and O–H groups in total. The lowest BCUT2D eigenvalue weighted by molar-refractivity contribution is -0.137. The molecule has 0 bridgehead atoms. The number of hydrogen-bond donors (Lipinski definition) is 2. The lowest BCUT2D eigenvalue weighted by atomic mass is 10.0. The number of carbonyl (C=O) groups excluding carboxylic acids is 1. The first-order valence-electron chi connectivity index (χ1n) is 7.02. The minimum Gasteiger partial charge on any atom is -0.391 e. The van der Waals surface area contributed by atoms with Gasteiger partial charge in [0.15, 0.2) is 0 Å². The number of nitrogens with one attached hydrogen (secondary N) is 1. The van der Waals surface area contributed by atoms with Gasteiger partial charge in [-0.1, -0.05) is 25.0 Å². The Bertz CT molecular complexity index is 496. The number of rotatable bonds is 4. The third-order valence-corrected chi connectivity index (χ3v) is 3.89. The Hall–Kier alpha value is -1.56. The van der Waals surface area contributed by atoms with Crippen LogP contribution in [-0.4, -0.2) is 23.7 Å². The van der Waals surface area contributed by atoms with Gasteiger partial charge in [-0.25, -0.2) is 0 Å². The fourth-order valence-corrected chi connectivity index (χ4v) is 2.73. The number of halogens is 3. The summed E-state index contributed by atoms with van der Waals surface area (Å²) in [5.74, 6) is -0.678. The van der Waals surface area contributed by atoms with Gasteiger partial charge in [-0.3, -0.25) is 4.79 Å². The van der Waals surface area contributed by atoms with Crippen molar-refractivity contribution in [1.82, 2.24) is 5.32 Å². The van der Waals surface area contributed by atoms with E-state index in [0.717, 1.165) is 37.8 Å². The van der Waals surface area contributed by atoms with Crippen molar-refractivity contribution in [2.45, 2.75) is 38.0 Å². The van der Waals surface area contributed by atoms with Gasteiger partial charge in [0.05, 0.1) is 17.2 Å². The zero-order valence-corrected chi connectivity index (χ0v) is 11.5. The molecule has 0 heterocycles. The molecule has 2 rings (SSSR count). The normalized spacial score (nSPS) is 17.7. The summed E-state index contributed by atoms with van der Waals surface area (Å²) in [4.78, 5) is 11.9. The standard InChI is InChI=1S/C15H18F3NO2/c16-15(17,18)12-8-4-3-7-11(12)14(21)19-9-13(20)10-5-1-2-6-10/h3-4,7-8,10,13,20H,1-2,5-6,9H2,(H,19,21). The summed E-state index contributed by atoms with van der Waals surface area (Å²) >= 11 is 0. The molecule has 1 aliphatic carbocycles. The van der Waals surface area contributed by atoms with E-state index >= 15 is 0 Å². The minimum atomic E-state index is -4.57. The van der Waals surface area contributed by atoms with E-state index < -0.39 is 29.3 Å². The van der Waals surface area contributed by atoms with Gasteiger partial charge in [0.2, 0.25) is 0 Å². The van der Waals surface area contributed by atoms with Crippen LogP contribution >= 0.6 is 0 Å². The average Bonchev–Trinajstić information content (AvgIpc) is 2.97. The third kappa shape index (κ3) is 3.97. The number of amides is 1. The van der Waals surface area contributed by atoms with Crippen LogP contribution in [0.5, 0.6) is 0 Å². The SMILES string of the molecule is O=C(NCC(O)C1CCCC1)c1ccccc1C(F)(F)F. The van der Waals surface area contributed by atoms with Crippen molar-refractivity contribution in [3.8, 4) is 0 Å². The third-order valence-electron chi connectivity index (χ3n) is 3.89. The molecule has 0 radical (unpaired) electrons. The number of aliphatic hydroxyl groups is 1. The molecule has 1 fully saturated rings. The van der Waals surface area contributed by atoms with E-state index in [1.807, 2.05) is 0 Å². The van der Waals surface area contributed by atoms with Crippen LogP contribution in [0, 0.1) is 5.92 Å². The van der Waals surface area contributed by atoms with Gasteiger partial charge in [-0.05, 0) is 30.9 Å². The molecular formula is C15H18F3NO2. The molecule has 1 unspecified atom stereocenters. The zero-order valence-electron chi connectivity index (χ0n) is 11.5. The highest BCUT2D eigenvalue weighted by atomic mass is 19.4. The number of carbonyl (C=O) groups is 1. The monoisotopic (exact) mass is 301 g/mol. The first kappa shape index (κ1) is 15.8. The van der Waals surface area contributed by atoms with Gasteiger partial charge in [0.25, 0.3) is 5.91 Å². The molecule has 1 amide bonds. The van der Waals surface area contributed by atoms with Crippen LogP contribution in [0.25, 0.3) is 0 Å². The molecular weight excluding hydrogens is 283 g/mol. The molecule has 1 saturated carbocycles. The van der Waals surface area contributed by atoms with E-state index in [1.165, 1.54) is 12.1 Å². The molecule has 21 heavy (non-hydrogen) atoms. The van der Waals surface area contributed by atoms with Crippen molar-refractivity contribution < 1.29 is 23.1 Å². The Morgan fingerprint density at radius 1 is 1.29 bits per heavy atom. The summed E-state index contributed by atoms with van der Waals surface area (Å²) in [6, 6.07) is 4.65. The summed E-state index contributed by atoms with van der Waals surface area (Å²) in [5.41, 5.74) is -1.37. The van der Waals surface area contributed by atoms with Crippen molar-refractivity contribution in [2.24, 2.45) is 5.92 Å². The van der Waals surface area contributed by atoms with Crippen LogP contribution in [0.4, 0.5) is 13.2 Å². The highest BCUT2D eigenvalue weighted by Gasteiger charge is 2.35. The average molecular weight is 301 g/mol. The number of aliphatic hydroxyl groups excluding tert-OH is 1. The quantitative estimate of drug-likeness (QED) is 0.898. The highest BCUT2D eigenvalue weighted by Crippen LogP contribution is 2.32. The van der Waals surface area contributed by atoms with Crippen LogP contribution in [0.3, 0.4) is 0 Å². The maximum absolute atomic E-state index is 12.8. The molecule has 0 aliphatic heterocycles. The predicted molar refractivity (Wildman–Crippen MR) is 71.7 cm³/mol. The van der Waals surface area contributed by atoms with E-state index in [1.54, 1.807) is 0 Å². The first-order chi connectivity index (χ1) is 9.89. The Kier molecular flexibility index (Phi) is 4.88. The molecule has 0 aromatic heterocycles. The van der Waals surface area contributed by atoms with Gasteiger partial charge >= 0.3 is 6.18 Å². The molecule has 1 atom stereocenters. The molecule has 6 heteroatoms. The van der Waals surface area contributed by atoms with Crippen molar-refractivity contribution in [1.29, 1.82) is 0 Å². The fraction of sp³-hybridized carbons (Fsp3) is 0.533. The van der Waals surface area contributed by atoms with Crippen molar-refractivity contribution >= 4 is 5.91 Å². The summed E-state index contributed by atoms with van der Waals surface area (Å²) < 4.78 is 38.5. The fourth-order valence-electron chi connectivity index (χ4n) is 2.73. The highest BCUT2D eigenvalue weighted by molar-refractivity contribution is 5.95. The number of hydrogen-bond acceptors (Lipinski definition) is 2. The zero-order chi connectivity index (χ0) is 15.5. The van der Waals surface area contributed by atoms with Crippen LogP contribution in [0.15, 0.2) is 24.3 Å². The second-order valence-electron chi connectivity index (χ2n) is 5.37. The Balaban J connectivity index is 2.00. The lowest BCUT2D eigenvalue weighted by Crippen LogP contribution is -2.36. The smallest absolute Gasteiger partial charge is 0.391 e. The van der Waals surface area contributed by atoms with Gasteiger partial charge in [-0.15, -0.1) is 0 Å². The lowest BCUT2D eigenvalue weighted by Gasteiger charge is -2.19. The molecule has 3 nitrogen and oxygen atoms in total. The molecule has 0 saturated heterocycles. The van der Waals surface area contributed by atoms with Gasteiger partial charge in [0.1, 0.15) is 0 Å². The van der Waals surface area contributed by atoms with Gasteiger partial charge in [0, 0.05) is 6.54 Å². The Morgan fingerprint density at radius 2 is 1.90 bits per heavy atom. The summed E-state index contributed by atoms with van der Waals surface area (Å²) in [5, 5.41) is 12.3. The van der Waals surface area contributed by atoms with Gasteiger partial charge in [-0.2, -0.15) is 13.2 Å². The molecule has 116 valence electrons. The van der Waals surface area contributed by atoms with Crippen LogP contribution in [0.2, 0.25) is 0 Å². The van der Waals surface area contributed by atoms with E-state index in [9.17, 15) is 23.1 Å². The van der Waals surface area contributed by atoms with E-state index in [-0.39, 0.29) is 12.5 Å². The van der Waals surface area contributed by atoms with Gasteiger partial charge < -0.3 is 10.4 Å². The van der Waals surface area contributed by atoms with Crippen molar-refractivity contribution in [3.63, 3.8) is 0 Å². The maximum Gasteiger partial charge on any atom is 0.417 e. The number of benzene rings is 1. The topological polar surface area (TPSA) is 49.3 Å². The summed E-state index contributed by atoms with van der Waals surface area (Å²) in [6.07, 6.45) is -1.38. The predicted octanol–water partition coefficient (Wildman–Crippen LogP) is 2.99. The Labute approximate surface area is 121 Å². The molecule has 1 aliphatic rings. The first-order valence-corrected chi connectivity index (χ1v) is 7.02. The van der Waals surface area contributed by atoms with Crippen molar-refractivity contribution in [2.75, 3.05) is 6.54 Å². The Morgan fingerprint density at radius 3 is 2.52 bits per heavy atom. The molecule has 1 aromatic carbocycles. The van der Waals surface area contributed by atoms with Crippen molar-refractivity contribution in [3.05, 3.63) is 35.4 Å². The summed E-state index contributed by atoms with van der Waals surface area (Å²) in [6.45, 7) is -0.0182. The van der Waals surface area contributed by atoms with Crippen LogP contribution in [-0.2, 0) is 6.18 Å². The largest absolute Gasteiger partial charge is 0.417 e. The number of alkyl halides is 3. The maximum atomic E-state index is 12.8. The summed E-state index contributed by atoms with van der Waals surface area (Å²) in [7, 11) is 0. The van der Waals surface area contributed by atoms with Crippen LogP contribution in [0.1, 0.15) is 41.6 Å². The van der Waals surface area contributed by atoms with Crippen LogP contribution < -0.4 is 5.32 Å². The van der Waals surface area contributed by atoms with E-state index in [4.69, 9.17) is 0 Å². The van der Waals surface area contributed by atoms with E-state index in [0.29, 0.717) is 0 Å². The second kappa shape index (κ2) is 6.47. The van der Waals surface area contributed by atoms with E-state index in [2.05, 4.69) is 5.32 Å². The second-order valence-corrected chi connectivity index (χ2v) is 5.37. The molecule has 1 aromatic rings. The minimum absolute atomic E-state index is 0.0182. The molecule has 0 spiro atoms.